The molecule has 7 heteroatoms. The first-order chi connectivity index (χ1) is 7.02. The second kappa shape index (κ2) is 7.51. The van der Waals surface area contributed by atoms with E-state index in [1.165, 1.54) is 0 Å². The average molecular weight is 216 g/mol. The van der Waals surface area contributed by atoms with Gasteiger partial charge in [-0.15, -0.1) is 0 Å². The molecule has 0 bridgehead atoms. The molecule has 0 aliphatic rings. The van der Waals surface area contributed by atoms with Crippen LogP contribution in [0.15, 0.2) is 12.2 Å². The first-order valence-corrected chi connectivity index (χ1v) is 4.07. The molecule has 0 aromatic rings. The number of primary amides is 1. The number of rotatable bonds is 7. The van der Waals surface area contributed by atoms with Gasteiger partial charge in [-0.25, -0.2) is 4.79 Å². The van der Waals surface area contributed by atoms with Crippen LogP contribution in [-0.4, -0.2) is 42.6 Å². The Balaban J connectivity index is 3.47. The molecule has 0 spiro atoms. The van der Waals surface area contributed by atoms with Gasteiger partial charge in [-0.2, -0.15) is 0 Å². The number of carboxylic acid groups (broad SMARTS) is 1. The summed E-state index contributed by atoms with van der Waals surface area (Å²) in [6.07, 6.45) is 1.61. The summed E-state index contributed by atoms with van der Waals surface area (Å²) in [7, 11) is 0. The Bertz CT molecular complexity index is 274. The monoisotopic (exact) mass is 216 g/mol. The van der Waals surface area contributed by atoms with Gasteiger partial charge in [0.2, 0.25) is 11.8 Å². The number of hydrogen-bond acceptors (Lipinski definition) is 4. The Labute approximate surface area is 85.9 Å². The van der Waals surface area contributed by atoms with E-state index in [0.29, 0.717) is 0 Å². The molecule has 0 saturated carbocycles. The molecular weight excluding hydrogens is 204 g/mol. The zero-order valence-electron chi connectivity index (χ0n) is 7.93. The molecule has 0 aromatic heterocycles. The number of carbonyl (C=O) groups is 3. The molecule has 0 unspecified atom stereocenters. The summed E-state index contributed by atoms with van der Waals surface area (Å²) in [6, 6.07) is 0. The van der Waals surface area contributed by atoms with Gasteiger partial charge in [0, 0.05) is 18.7 Å². The Morgan fingerprint density at radius 3 is 2.53 bits per heavy atom. The number of amides is 2. The summed E-state index contributed by atoms with van der Waals surface area (Å²) in [5, 5.41) is 10.5. The van der Waals surface area contributed by atoms with Crippen molar-refractivity contribution in [1.82, 2.24) is 5.32 Å². The standard InChI is InChI=1S/C8H12N2O5/c9-6(11)5-15-4-3-10-7(12)1-2-8(13)14/h1-2H,3-5H2,(H2,9,11)(H,10,12)(H,13,14)/b2-1+. The number of hydrogen-bond donors (Lipinski definition) is 3. The minimum atomic E-state index is -1.20. The zero-order valence-corrected chi connectivity index (χ0v) is 7.93. The normalized spacial score (nSPS) is 10.1. The summed E-state index contributed by atoms with van der Waals surface area (Å²) in [5.74, 6) is -2.33. The third-order valence-corrected chi connectivity index (χ3v) is 1.17. The third-order valence-electron chi connectivity index (χ3n) is 1.17. The smallest absolute Gasteiger partial charge is 0.328 e. The van der Waals surface area contributed by atoms with E-state index in [0.717, 1.165) is 12.2 Å². The van der Waals surface area contributed by atoms with Crippen molar-refractivity contribution in [3.63, 3.8) is 0 Å². The van der Waals surface area contributed by atoms with Gasteiger partial charge < -0.3 is 20.9 Å². The maximum absolute atomic E-state index is 10.8. The lowest BCUT2D eigenvalue weighted by Crippen LogP contribution is -2.27. The molecule has 0 heterocycles. The summed E-state index contributed by atoms with van der Waals surface area (Å²) >= 11 is 0. The van der Waals surface area contributed by atoms with Crippen LogP contribution in [-0.2, 0) is 19.1 Å². The van der Waals surface area contributed by atoms with E-state index in [9.17, 15) is 14.4 Å². The first-order valence-electron chi connectivity index (χ1n) is 4.07. The van der Waals surface area contributed by atoms with Crippen LogP contribution in [0.1, 0.15) is 0 Å². The largest absolute Gasteiger partial charge is 0.478 e. The van der Waals surface area contributed by atoms with E-state index in [1.54, 1.807) is 0 Å². The molecule has 4 N–H and O–H groups in total. The fourth-order valence-electron chi connectivity index (χ4n) is 0.625. The van der Waals surface area contributed by atoms with Crippen molar-refractivity contribution in [3.8, 4) is 0 Å². The molecule has 0 aromatic carbocycles. The predicted octanol–water partition coefficient (Wildman–Crippen LogP) is -1.75. The minimum Gasteiger partial charge on any atom is -0.478 e. The summed E-state index contributed by atoms with van der Waals surface area (Å²) < 4.78 is 4.74. The van der Waals surface area contributed by atoms with E-state index in [4.69, 9.17) is 15.6 Å². The highest BCUT2D eigenvalue weighted by Crippen LogP contribution is 1.76. The van der Waals surface area contributed by atoms with E-state index >= 15 is 0 Å². The topological polar surface area (TPSA) is 119 Å². The summed E-state index contributed by atoms with van der Waals surface area (Å²) in [5.41, 5.74) is 4.79. The molecule has 0 saturated heterocycles. The minimum absolute atomic E-state index is 0.135. The fourth-order valence-corrected chi connectivity index (χ4v) is 0.625. The second-order valence-corrected chi connectivity index (χ2v) is 2.48. The number of nitrogens with one attached hydrogen (secondary N) is 1. The number of ether oxygens (including phenoxy) is 1. The Hall–Kier alpha value is -1.89. The highest BCUT2D eigenvalue weighted by molar-refractivity contribution is 5.93. The maximum atomic E-state index is 10.8. The molecule has 0 aliphatic heterocycles. The van der Waals surface area contributed by atoms with E-state index in [-0.39, 0.29) is 19.8 Å². The van der Waals surface area contributed by atoms with Crippen LogP contribution in [0, 0.1) is 0 Å². The molecule has 15 heavy (non-hydrogen) atoms. The molecule has 0 fully saturated rings. The van der Waals surface area contributed by atoms with Crippen LogP contribution in [0.3, 0.4) is 0 Å². The number of nitrogens with two attached hydrogens (primary N) is 1. The Morgan fingerprint density at radius 2 is 2.00 bits per heavy atom. The molecule has 0 aliphatic carbocycles. The van der Waals surface area contributed by atoms with Crippen LogP contribution in [0.25, 0.3) is 0 Å². The molecule has 0 rings (SSSR count). The van der Waals surface area contributed by atoms with Crippen LogP contribution in [0.4, 0.5) is 0 Å². The summed E-state index contributed by atoms with van der Waals surface area (Å²) in [4.78, 5) is 31.1. The highest BCUT2D eigenvalue weighted by Gasteiger charge is 1.97. The van der Waals surface area contributed by atoms with Crippen LogP contribution in [0.5, 0.6) is 0 Å². The van der Waals surface area contributed by atoms with Gasteiger partial charge >= 0.3 is 5.97 Å². The van der Waals surface area contributed by atoms with Crippen molar-refractivity contribution in [1.29, 1.82) is 0 Å². The highest BCUT2D eigenvalue weighted by atomic mass is 16.5. The number of carboxylic acids is 1. The van der Waals surface area contributed by atoms with Crippen molar-refractivity contribution in [2.45, 2.75) is 0 Å². The molecule has 84 valence electrons. The van der Waals surface area contributed by atoms with Crippen molar-refractivity contribution in [3.05, 3.63) is 12.2 Å². The Kier molecular flexibility index (Phi) is 6.56. The van der Waals surface area contributed by atoms with Crippen molar-refractivity contribution in [2.24, 2.45) is 5.73 Å². The zero-order chi connectivity index (χ0) is 11.7. The van der Waals surface area contributed by atoms with Crippen LogP contribution < -0.4 is 11.1 Å². The van der Waals surface area contributed by atoms with Crippen LogP contribution >= 0.6 is 0 Å². The molecule has 2 amide bonds. The van der Waals surface area contributed by atoms with Gasteiger partial charge in [-0.05, 0) is 0 Å². The third kappa shape index (κ3) is 10.0. The predicted molar refractivity (Wildman–Crippen MR) is 49.8 cm³/mol. The van der Waals surface area contributed by atoms with Crippen molar-refractivity contribution >= 4 is 17.8 Å². The number of aliphatic carboxylic acids is 1. The SMILES string of the molecule is NC(=O)COCCNC(=O)/C=C/C(=O)O. The summed E-state index contributed by atoms with van der Waals surface area (Å²) in [6.45, 7) is 0.104. The van der Waals surface area contributed by atoms with Crippen LogP contribution in [0.2, 0.25) is 0 Å². The van der Waals surface area contributed by atoms with Gasteiger partial charge in [0.25, 0.3) is 0 Å². The van der Waals surface area contributed by atoms with Gasteiger partial charge in [-0.3, -0.25) is 9.59 Å². The molecule has 0 radical (unpaired) electrons. The lowest BCUT2D eigenvalue weighted by atomic mass is 10.4. The Morgan fingerprint density at radius 1 is 1.33 bits per heavy atom. The number of carbonyl (C=O) groups excluding carboxylic acids is 2. The van der Waals surface area contributed by atoms with E-state index in [2.05, 4.69) is 5.32 Å². The van der Waals surface area contributed by atoms with Gasteiger partial charge in [0.15, 0.2) is 0 Å². The van der Waals surface area contributed by atoms with Crippen molar-refractivity contribution in [2.75, 3.05) is 19.8 Å². The average Bonchev–Trinajstić information content (AvgIpc) is 2.13. The molecular formula is C8H12N2O5. The van der Waals surface area contributed by atoms with E-state index in [1.807, 2.05) is 0 Å². The lowest BCUT2D eigenvalue weighted by Gasteiger charge is -2.01. The fraction of sp³-hybridized carbons (Fsp3) is 0.375. The second-order valence-electron chi connectivity index (χ2n) is 2.48. The maximum Gasteiger partial charge on any atom is 0.328 e. The lowest BCUT2D eigenvalue weighted by molar-refractivity contribution is -0.131. The first kappa shape index (κ1) is 13.1. The molecule has 0 atom stereocenters. The van der Waals surface area contributed by atoms with Gasteiger partial charge in [0.05, 0.1) is 6.61 Å². The quantitative estimate of drug-likeness (QED) is 0.344. The van der Waals surface area contributed by atoms with Crippen molar-refractivity contribution < 1.29 is 24.2 Å². The van der Waals surface area contributed by atoms with Gasteiger partial charge in [0.1, 0.15) is 6.61 Å². The van der Waals surface area contributed by atoms with E-state index < -0.39 is 17.8 Å². The van der Waals surface area contributed by atoms with Gasteiger partial charge in [-0.1, -0.05) is 0 Å². The molecule has 7 nitrogen and oxygen atoms in total.